The minimum atomic E-state index is -0.713. The molecule has 54 heavy (non-hydrogen) atoms. The molecular formula is C40H45F2N5O7. The molecule has 2 fully saturated rings. The zero-order chi connectivity index (χ0) is 38.8. The normalized spacial score (nSPS) is 18.1. The number of fused-ring (bicyclic) bond motifs is 1. The third-order valence-electron chi connectivity index (χ3n) is 9.60. The maximum Gasteiger partial charge on any atom is 0.410 e. The van der Waals surface area contributed by atoms with Crippen LogP contribution in [-0.4, -0.2) is 84.7 Å². The molecule has 2 atom stereocenters. The van der Waals surface area contributed by atoms with Gasteiger partial charge in [0.1, 0.15) is 23.8 Å². The molecule has 1 saturated carbocycles. The quantitative estimate of drug-likeness (QED) is 0.165. The second-order valence-electron chi connectivity index (χ2n) is 15.0. The van der Waals surface area contributed by atoms with Gasteiger partial charge in [0, 0.05) is 67.8 Å². The fraction of sp³-hybridized carbons (Fsp3) is 0.400. The molecule has 12 nitrogen and oxygen atoms in total. The molecule has 2 heterocycles. The van der Waals surface area contributed by atoms with Gasteiger partial charge in [-0.1, -0.05) is 13.8 Å². The topological polar surface area (TPSA) is 132 Å². The number of ether oxygens (including phenoxy) is 4. The smallest absolute Gasteiger partial charge is 0.410 e. The number of halogens is 2. The SMILES string of the molecule is COc1cc2nccc(Oc3ccc(NC(=O)[C@H]4[C@@H](C(=O)Nc5ccc(F)cc5)C4(C)C)cc3F)c2cc1OCCN1CCN(C(=O)OC(C)(C)C)CC1. The summed E-state index contributed by atoms with van der Waals surface area (Å²) in [5, 5.41) is 6.02. The molecule has 0 bridgehead atoms. The van der Waals surface area contributed by atoms with Crippen molar-refractivity contribution in [1.82, 2.24) is 14.8 Å². The molecule has 0 radical (unpaired) electrons. The molecule has 6 rings (SSSR count). The fourth-order valence-electron chi connectivity index (χ4n) is 6.62. The number of rotatable bonds is 11. The lowest BCUT2D eigenvalue weighted by Gasteiger charge is -2.35. The van der Waals surface area contributed by atoms with E-state index in [0.717, 1.165) is 6.07 Å². The van der Waals surface area contributed by atoms with Crippen LogP contribution in [0.3, 0.4) is 0 Å². The van der Waals surface area contributed by atoms with Crippen molar-refractivity contribution in [2.75, 3.05) is 57.1 Å². The Kier molecular flexibility index (Phi) is 10.9. The van der Waals surface area contributed by atoms with Crippen LogP contribution in [0.5, 0.6) is 23.0 Å². The maximum absolute atomic E-state index is 15.5. The molecular weight excluding hydrogens is 700 g/mol. The number of carbonyl (C=O) groups excluding carboxylic acids is 3. The summed E-state index contributed by atoms with van der Waals surface area (Å²) in [7, 11) is 1.53. The van der Waals surface area contributed by atoms with Crippen molar-refractivity contribution < 1.29 is 42.1 Å². The van der Waals surface area contributed by atoms with E-state index >= 15 is 4.39 Å². The number of nitrogens with zero attached hydrogens (tertiary/aromatic N) is 3. The third kappa shape index (κ3) is 8.82. The van der Waals surface area contributed by atoms with Crippen LogP contribution in [0.15, 0.2) is 66.9 Å². The van der Waals surface area contributed by atoms with Gasteiger partial charge in [0.25, 0.3) is 0 Å². The van der Waals surface area contributed by atoms with E-state index in [1.165, 1.54) is 43.5 Å². The molecule has 14 heteroatoms. The summed E-state index contributed by atoms with van der Waals surface area (Å²) in [4.78, 5) is 46.9. The molecule has 1 aliphatic heterocycles. The second-order valence-corrected chi connectivity index (χ2v) is 15.0. The number of benzene rings is 3. The average Bonchev–Trinajstić information content (AvgIpc) is 3.71. The van der Waals surface area contributed by atoms with Crippen molar-refractivity contribution in [2.45, 2.75) is 40.2 Å². The van der Waals surface area contributed by atoms with E-state index in [2.05, 4.69) is 20.5 Å². The lowest BCUT2D eigenvalue weighted by molar-refractivity contribution is -0.122. The Bertz CT molecular complexity index is 2030. The van der Waals surface area contributed by atoms with Crippen molar-refractivity contribution in [3.05, 3.63) is 78.5 Å². The van der Waals surface area contributed by atoms with Crippen LogP contribution in [0.4, 0.5) is 25.0 Å². The minimum Gasteiger partial charge on any atom is -0.493 e. The zero-order valence-corrected chi connectivity index (χ0v) is 31.2. The summed E-state index contributed by atoms with van der Waals surface area (Å²) < 4.78 is 52.0. The lowest BCUT2D eigenvalue weighted by Crippen LogP contribution is -2.50. The number of hydrogen-bond donors (Lipinski definition) is 2. The Labute approximate surface area is 312 Å². The summed E-state index contributed by atoms with van der Waals surface area (Å²) in [6, 6.07) is 14.5. The van der Waals surface area contributed by atoms with Crippen LogP contribution in [0.2, 0.25) is 0 Å². The number of hydrogen-bond acceptors (Lipinski definition) is 9. The number of amides is 3. The highest BCUT2D eigenvalue weighted by atomic mass is 19.1. The van der Waals surface area contributed by atoms with Crippen LogP contribution in [-0.2, 0) is 14.3 Å². The molecule has 2 aliphatic rings. The van der Waals surface area contributed by atoms with Crippen LogP contribution < -0.4 is 24.8 Å². The predicted octanol–water partition coefficient (Wildman–Crippen LogP) is 7.09. The number of pyridine rings is 1. The molecule has 3 amide bonds. The van der Waals surface area contributed by atoms with Gasteiger partial charge in [0.05, 0.1) is 24.5 Å². The van der Waals surface area contributed by atoms with Gasteiger partial charge in [-0.2, -0.15) is 0 Å². The lowest BCUT2D eigenvalue weighted by atomic mass is 10.1. The minimum absolute atomic E-state index is 0.0763. The van der Waals surface area contributed by atoms with E-state index in [4.69, 9.17) is 18.9 Å². The third-order valence-corrected chi connectivity index (χ3v) is 9.60. The van der Waals surface area contributed by atoms with E-state index in [1.54, 1.807) is 29.3 Å². The molecule has 286 valence electrons. The molecule has 1 saturated heterocycles. The van der Waals surface area contributed by atoms with E-state index in [9.17, 15) is 18.8 Å². The summed E-state index contributed by atoms with van der Waals surface area (Å²) in [6.07, 6.45) is 1.23. The Morgan fingerprint density at radius 3 is 2.11 bits per heavy atom. The molecule has 4 aromatic rings. The molecule has 1 aromatic heterocycles. The average molecular weight is 746 g/mol. The van der Waals surface area contributed by atoms with E-state index in [-0.39, 0.29) is 23.4 Å². The highest BCUT2D eigenvalue weighted by molar-refractivity contribution is 6.04. The maximum atomic E-state index is 15.5. The Hall–Kier alpha value is -5.50. The molecule has 2 N–H and O–H groups in total. The van der Waals surface area contributed by atoms with Crippen molar-refractivity contribution in [3.63, 3.8) is 0 Å². The monoisotopic (exact) mass is 745 g/mol. The number of carbonyl (C=O) groups is 3. The van der Waals surface area contributed by atoms with E-state index < -0.39 is 40.4 Å². The van der Waals surface area contributed by atoms with E-state index in [0.29, 0.717) is 73.2 Å². The van der Waals surface area contributed by atoms with Crippen LogP contribution in [0, 0.1) is 28.9 Å². The number of anilines is 2. The fourth-order valence-corrected chi connectivity index (χ4v) is 6.62. The van der Waals surface area contributed by atoms with Crippen molar-refractivity contribution >= 4 is 40.2 Å². The van der Waals surface area contributed by atoms with Gasteiger partial charge in [-0.25, -0.2) is 13.6 Å². The largest absolute Gasteiger partial charge is 0.493 e. The zero-order valence-electron chi connectivity index (χ0n) is 31.2. The van der Waals surface area contributed by atoms with Crippen LogP contribution in [0.25, 0.3) is 10.9 Å². The van der Waals surface area contributed by atoms with Crippen LogP contribution >= 0.6 is 0 Å². The van der Waals surface area contributed by atoms with Crippen molar-refractivity contribution in [3.8, 4) is 23.0 Å². The van der Waals surface area contributed by atoms with Gasteiger partial charge in [-0.05, 0) is 74.7 Å². The number of aromatic nitrogens is 1. The van der Waals surface area contributed by atoms with Gasteiger partial charge < -0.3 is 34.5 Å². The molecule has 0 unspecified atom stereocenters. The first-order valence-corrected chi connectivity index (χ1v) is 17.8. The highest BCUT2D eigenvalue weighted by Crippen LogP contribution is 2.59. The first-order chi connectivity index (χ1) is 25.6. The predicted molar refractivity (Wildman–Crippen MR) is 199 cm³/mol. The second kappa shape index (κ2) is 15.5. The van der Waals surface area contributed by atoms with Gasteiger partial charge >= 0.3 is 6.09 Å². The Morgan fingerprint density at radius 1 is 0.833 bits per heavy atom. The van der Waals surface area contributed by atoms with Crippen molar-refractivity contribution in [2.24, 2.45) is 17.3 Å². The van der Waals surface area contributed by atoms with E-state index in [1.807, 2.05) is 34.6 Å². The number of methoxy groups -OCH3 is 1. The van der Waals surface area contributed by atoms with Gasteiger partial charge in [-0.3, -0.25) is 19.5 Å². The summed E-state index contributed by atoms with van der Waals surface area (Å²) in [5.41, 5.74) is -0.00636. The Morgan fingerprint density at radius 2 is 1.48 bits per heavy atom. The molecule has 3 aromatic carbocycles. The summed E-state index contributed by atoms with van der Waals surface area (Å²) >= 11 is 0. The van der Waals surface area contributed by atoms with Gasteiger partial charge in [0.15, 0.2) is 23.1 Å². The first-order valence-electron chi connectivity index (χ1n) is 17.8. The standard InChI is InChI=1S/C40H45F2N5O7/c1-39(2,3)54-38(50)47-17-15-46(16-18-47)19-20-52-33-22-27-29(23-32(33)51-6)43-14-13-30(27)53-31-12-11-26(21-28(31)42)45-37(49)35-34(40(35,4)5)36(48)44-25-9-7-24(41)8-10-25/h7-14,21-23,34-35H,15-20H2,1-6H3,(H,44,48)(H,45,49)/t34-,35+/m0/s1. The summed E-state index contributed by atoms with van der Waals surface area (Å²) in [5.74, 6) is -1.99. The number of piperazine rings is 1. The molecule has 1 aliphatic carbocycles. The highest BCUT2D eigenvalue weighted by Gasteiger charge is 2.65. The Balaban J connectivity index is 1.07. The number of nitrogens with one attached hydrogen (secondary N) is 2. The first kappa shape index (κ1) is 38.2. The van der Waals surface area contributed by atoms with Gasteiger partial charge in [-0.15, -0.1) is 0 Å². The molecule has 0 spiro atoms. The van der Waals surface area contributed by atoms with Gasteiger partial charge in [0.2, 0.25) is 11.8 Å². The summed E-state index contributed by atoms with van der Waals surface area (Å²) in [6.45, 7) is 12.6. The van der Waals surface area contributed by atoms with Crippen LogP contribution in [0.1, 0.15) is 34.6 Å². The van der Waals surface area contributed by atoms with Crippen molar-refractivity contribution in [1.29, 1.82) is 0 Å².